The highest BCUT2D eigenvalue weighted by molar-refractivity contribution is 6.30. The van der Waals surface area contributed by atoms with Crippen LogP contribution in [0.2, 0.25) is 5.02 Å². The molecule has 5 rings (SSSR count). The monoisotopic (exact) mass is 463 g/mol. The number of hydrogen-bond donors (Lipinski definition) is 1. The molecule has 0 aliphatic heterocycles. The summed E-state index contributed by atoms with van der Waals surface area (Å²) in [6.07, 6.45) is 11.0. The highest BCUT2D eigenvalue weighted by Gasteiger charge is 2.19. The molecule has 3 aromatic heterocycles. The zero-order valence-electron chi connectivity index (χ0n) is 18.5. The van der Waals surface area contributed by atoms with E-state index in [1.807, 2.05) is 37.3 Å². The Labute approximate surface area is 197 Å². The third-order valence-electron chi connectivity index (χ3n) is 6.22. The van der Waals surface area contributed by atoms with Gasteiger partial charge in [-0.15, -0.1) is 0 Å². The van der Waals surface area contributed by atoms with E-state index in [0.717, 1.165) is 23.2 Å². The molecule has 170 valence electrons. The number of anilines is 1. The van der Waals surface area contributed by atoms with Gasteiger partial charge in [0.15, 0.2) is 11.5 Å². The second-order valence-electron chi connectivity index (χ2n) is 8.64. The second-order valence-corrected chi connectivity index (χ2v) is 9.08. The van der Waals surface area contributed by atoms with Crippen LogP contribution in [-0.2, 0) is 4.79 Å². The molecule has 0 radical (unpaired) electrons. The Morgan fingerprint density at radius 3 is 2.70 bits per heavy atom. The van der Waals surface area contributed by atoms with E-state index < -0.39 is 0 Å². The summed E-state index contributed by atoms with van der Waals surface area (Å²) in [5.74, 6) is 1.83. The summed E-state index contributed by atoms with van der Waals surface area (Å²) in [6, 6.07) is 9.24. The van der Waals surface area contributed by atoms with Gasteiger partial charge in [0, 0.05) is 17.5 Å². The largest absolute Gasteiger partial charge is 0.311 e. The van der Waals surface area contributed by atoms with Crippen molar-refractivity contribution >= 4 is 34.4 Å². The first kappa shape index (κ1) is 21.6. The third-order valence-corrected chi connectivity index (χ3v) is 6.47. The van der Waals surface area contributed by atoms with Crippen molar-refractivity contribution in [3.8, 4) is 11.5 Å². The van der Waals surface area contributed by atoms with Crippen LogP contribution in [0.1, 0.15) is 50.6 Å². The van der Waals surface area contributed by atoms with E-state index in [2.05, 4.69) is 25.5 Å². The van der Waals surface area contributed by atoms with Crippen molar-refractivity contribution in [1.82, 2.24) is 29.5 Å². The van der Waals surface area contributed by atoms with Gasteiger partial charge in [-0.05, 0) is 43.5 Å². The lowest BCUT2D eigenvalue weighted by Crippen LogP contribution is -2.17. The molecule has 1 saturated carbocycles. The zero-order chi connectivity index (χ0) is 22.8. The van der Waals surface area contributed by atoms with Crippen LogP contribution in [0.15, 0.2) is 42.9 Å². The molecule has 1 aliphatic rings. The number of carbonyl (C=O) groups is 1. The maximum Gasteiger partial charge on any atom is 0.225 e. The van der Waals surface area contributed by atoms with Crippen molar-refractivity contribution in [2.75, 3.05) is 5.32 Å². The van der Waals surface area contributed by atoms with Gasteiger partial charge < -0.3 is 5.32 Å². The van der Waals surface area contributed by atoms with E-state index >= 15 is 0 Å². The Bertz CT molecular complexity index is 1270. The molecule has 0 spiro atoms. The van der Waals surface area contributed by atoms with Crippen molar-refractivity contribution in [3.63, 3.8) is 0 Å². The molecule has 1 fully saturated rings. The predicted molar refractivity (Wildman–Crippen MR) is 128 cm³/mol. The van der Waals surface area contributed by atoms with Crippen molar-refractivity contribution in [1.29, 1.82) is 0 Å². The predicted octanol–water partition coefficient (Wildman–Crippen LogP) is 5.26. The lowest BCUT2D eigenvalue weighted by atomic mass is 9.86. The third kappa shape index (κ3) is 4.61. The Hall–Kier alpha value is -3.26. The number of nitrogens with one attached hydrogen (secondary N) is 1. The van der Waals surface area contributed by atoms with Crippen LogP contribution in [0.25, 0.3) is 22.5 Å². The van der Waals surface area contributed by atoms with Gasteiger partial charge in [0.2, 0.25) is 5.91 Å². The Kier molecular flexibility index (Phi) is 6.09. The number of carbonyl (C=O) groups excluding carboxylic acids is 1. The molecule has 9 heteroatoms. The summed E-state index contributed by atoms with van der Waals surface area (Å²) in [7, 11) is 0. The number of benzene rings is 1. The maximum absolute atomic E-state index is 12.7. The van der Waals surface area contributed by atoms with Gasteiger partial charge in [0.1, 0.15) is 12.1 Å². The minimum Gasteiger partial charge on any atom is -0.311 e. The van der Waals surface area contributed by atoms with Crippen LogP contribution in [0.4, 0.5) is 5.82 Å². The fraction of sp³-hybridized carbons (Fsp3) is 0.375. The highest BCUT2D eigenvalue weighted by Crippen LogP contribution is 2.28. The molecule has 1 aromatic carbocycles. The van der Waals surface area contributed by atoms with Crippen LogP contribution in [0, 0.1) is 12.8 Å². The minimum absolute atomic E-state index is 0.00360. The van der Waals surface area contributed by atoms with Gasteiger partial charge in [-0.3, -0.25) is 4.79 Å². The van der Waals surface area contributed by atoms with E-state index in [-0.39, 0.29) is 5.91 Å². The molecule has 3 heterocycles. The number of fused-ring (bicyclic) bond motifs is 1. The Balaban J connectivity index is 1.41. The SMILES string of the molecule is Cc1cc(NC(=O)CCC2CCCCC2)n(-c2ncnc3c2cnn3-c2ccc(Cl)cc2)n1. The van der Waals surface area contributed by atoms with Crippen LogP contribution < -0.4 is 5.32 Å². The summed E-state index contributed by atoms with van der Waals surface area (Å²) in [6.45, 7) is 1.89. The molecule has 4 aromatic rings. The molecule has 0 saturated heterocycles. The molecule has 33 heavy (non-hydrogen) atoms. The van der Waals surface area contributed by atoms with Crippen LogP contribution in [0.5, 0.6) is 0 Å². The number of rotatable bonds is 6. The molecule has 0 bridgehead atoms. The average Bonchev–Trinajstić information content (AvgIpc) is 3.42. The summed E-state index contributed by atoms with van der Waals surface area (Å²) in [5, 5.41) is 13.5. The minimum atomic E-state index is 0.00360. The number of halogens is 1. The standard InChI is InChI=1S/C24H26ClN7O/c1-16-13-21(29-22(33)12-7-17-5-3-2-4-6-17)32(30-16)24-20-14-28-31(23(20)26-15-27-24)19-10-8-18(25)9-11-19/h8-11,13-15,17H,2-7,12H2,1H3,(H,29,33). The van der Waals surface area contributed by atoms with Crippen molar-refractivity contribution in [2.45, 2.75) is 51.9 Å². The van der Waals surface area contributed by atoms with E-state index in [4.69, 9.17) is 11.6 Å². The molecular formula is C24H26ClN7O. The topological polar surface area (TPSA) is 90.5 Å². The van der Waals surface area contributed by atoms with Crippen LogP contribution in [-0.4, -0.2) is 35.4 Å². The molecule has 0 atom stereocenters. The molecule has 0 unspecified atom stereocenters. The number of nitrogens with zero attached hydrogens (tertiary/aromatic N) is 6. The van der Waals surface area contributed by atoms with Crippen molar-refractivity contribution in [3.05, 3.63) is 53.6 Å². The van der Waals surface area contributed by atoms with Gasteiger partial charge in [-0.2, -0.15) is 14.9 Å². The Morgan fingerprint density at radius 2 is 1.91 bits per heavy atom. The van der Waals surface area contributed by atoms with E-state index in [1.165, 1.54) is 38.4 Å². The first-order valence-electron chi connectivity index (χ1n) is 11.4. The molecule has 8 nitrogen and oxygen atoms in total. The van der Waals surface area contributed by atoms with E-state index in [9.17, 15) is 4.79 Å². The molecule has 1 amide bonds. The number of aryl methyl sites for hydroxylation is 1. The maximum atomic E-state index is 12.7. The highest BCUT2D eigenvalue weighted by atomic mass is 35.5. The second kappa shape index (κ2) is 9.31. The smallest absolute Gasteiger partial charge is 0.225 e. The quantitative estimate of drug-likeness (QED) is 0.421. The fourth-order valence-corrected chi connectivity index (χ4v) is 4.66. The van der Waals surface area contributed by atoms with Gasteiger partial charge in [-0.25, -0.2) is 14.6 Å². The van der Waals surface area contributed by atoms with Gasteiger partial charge in [-0.1, -0.05) is 43.7 Å². The van der Waals surface area contributed by atoms with E-state index in [0.29, 0.717) is 34.6 Å². The first-order chi connectivity index (χ1) is 16.1. The normalized spacial score (nSPS) is 14.6. The molecule has 1 N–H and O–H groups in total. The van der Waals surface area contributed by atoms with Gasteiger partial charge in [0.25, 0.3) is 0 Å². The fourth-order valence-electron chi connectivity index (χ4n) is 4.54. The lowest BCUT2D eigenvalue weighted by molar-refractivity contribution is -0.116. The summed E-state index contributed by atoms with van der Waals surface area (Å²) in [5.41, 5.74) is 2.27. The van der Waals surface area contributed by atoms with Gasteiger partial charge >= 0.3 is 0 Å². The van der Waals surface area contributed by atoms with Crippen LogP contribution in [0.3, 0.4) is 0 Å². The zero-order valence-corrected chi connectivity index (χ0v) is 19.3. The van der Waals surface area contributed by atoms with Crippen molar-refractivity contribution < 1.29 is 4.79 Å². The summed E-state index contributed by atoms with van der Waals surface area (Å²) >= 11 is 6.02. The average molecular weight is 464 g/mol. The van der Waals surface area contributed by atoms with E-state index in [1.54, 1.807) is 15.6 Å². The number of amides is 1. The summed E-state index contributed by atoms with van der Waals surface area (Å²) < 4.78 is 3.39. The van der Waals surface area contributed by atoms with Crippen LogP contribution >= 0.6 is 11.6 Å². The van der Waals surface area contributed by atoms with Gasteiger partial charge in [0.05, 0.1) is 23.0 Å². The lowest BCUT2D eigenvalue weighted by Gasteiger charge is -2.21. The summed E-state index contributed by atoms with van der Waals surface area (Å²) in [4.78, 5) is 21.6. The first-order valence-corrected chi connectivity index (χ1v) is 11.8. The number of aromatic nitrogens is 6. The molecule has 1 aliphatic carbocycles. The number of hydrogen-bond acceptors (Lipinski definition) is 5. The molecular weight excluding hydrogens is 438 g/mol. The Morgan fingerprint density at radius 1 is 1.12 bits per heavy atom. The van der Waals surface area contributed by atoms with Crippen molar-refractivity contribution in [2.24, 2.45) is 5.92 Å².